The third-order valence-electron chi connectivity index (χ3n) is 9.82. The van der Waals surface area contributed by atoms with Crippen molar-refractivity contribution in [3.8, 4) is 22.6 Å². The van der Waals surface area contributed by atoms with Gasteiger partial charge in [-0.2, -0.15) is 0 Å². The first-order chi connectivity index (χ1) is 29.1. The summed E-state index contributed by atoms with van der Waals surface area (Å²) in [4.78, 5) is 47.7. The number of benzene rings is 6. The van der Waals surface area contributed by atoms with Crippen LogP contribution in [0.5, 0.6) is 11.5 Å². The smallest absolute Gasteiger partial charge is 0.872 e. The normalized spacial score (nSPS) is 13.0. The Labute approximate surface area is 459 Å². The van der Waals surface area contributed by atoms with Gasteiger partial charge in [0.15, 0.2) is 11.6 Å². The zero-order chi connectivity index (χ0) is 42.2. The number of allylic oxidation sites excluding steroid dienone is 10. The van der Waals surface area contributed by atoms with Crippen LogP contribution in [0.25, 0.3) is 27.8 Å². The predicted molar refractivity (Wildman–Crippen MR) is 223 cm³/mol. The number of carbonyl (C=O) groups excluding carboxylic acids is 4. The topological polar surface area (TPSA) is 161 Å². The second-order valence-electron chi connectivity index (χ2n) is 13.6. The number of carbonyl (C=O) groups is 4. The quantitative estimate of drug-likeness (QED) is 0.137. The summed E-state index contributed by atoms with van der Waals surface area (Å²) in [6, 6.07) is 42.7. The number of carboxylic acids is 2. The minimum Gasteiger partial charge on any atom is -0.872 e. The first kappa shape index (κ1) is 54.0. The van der Waals surface area contributed by atoms with E-state index in [0.717, 1.165) is 11.1 Å². The first-order valence-corrected chi connectivity index (χ1v) is 18.7. The summed E-state index contributed by atoms with van der Waals surface area (Å²) in [5.74, 6) is -3.16. The van der Waals surface area contributed by atoms with Gasteiger partial charge in [0.05, 0.1) is 11.9 Å². The number of carboxylic acid groups (broad SMARTS) is 2. The van der Waals surface area contributed by atoms with Crippen LogP contribution in [-0.2, 0) is 9.59 Å². The molecule has 0 bridgehead atoms. The molecule has 64 heavy (non-hydrogen) atoms. The Bertz CT molecular complexity index is 2840. The average Bonchev–Trinajstić information content (AvgIpc) is 3.27. The van der Waals surface area contributed by atoms with Crippen molar-refractivity contribution in [1.82, 2.24) is 0 Å². The molecule has 0 unspecified atom stereocenters. The van der Waals surface area contributed by atoms with E-state index < -0.39 is 11.9 Å². The maximum atomic E-state index is 12.8. The van der Waals surface area contributed by atoms with E-state index in [1.807, 2.05) is 60.7 Å². The molecular formula is C52H32Na4O8. The van der Waals surface area contributed by atoms with Crippen LogP contribution in [0.1, 0.15) is 48.5 Å². The molecule has 8 nitrogen and oxygen atoms in total. The first-order valence-electron chi connectivity index (χ1n) is 18.7. The molecule has 2 aliphatic rings. The Balaban J connectivity index is 0.000000343. The van der Waals surface area contributed by atoms with Crippen LogP contribution < -0.4 is 139 Å². The van der Waals surface area contributed by atoms with Crippen molar-refractivity contribution in [3.05, 3.63) is 244 Å². The van der Waals surface area contributed by atoms with Crippen LogP contribution in [0.2, 0.25) is 0 Å². The van der Waals surface area contributed by atoms with Gasteiger partial charge in [-0.15, -0.1) is 11.5 Å². The fourth-order valence-electron chi connectivity index (χ4n) is 7.01. The zero-order valence-electron chi connectivity index (χ0n) is 35.7. The number of aromatic carboxylic acids is 2. The zero-order valence-corrected chi connectivity index (χ0v) is 43.7. The second-order valence-corrected chi connectivity index (χ2v) is 13.6. The number of rotatable bonds is 8. The van der Waals surface area contributed by atoms with Crippen molar-refractivity contribution >= 4 is 40.2 Å². The minimum absolute atomic E-state index is 0. The summed E-state index contributed by atoms with van der Waals surface area (Å²) in [7, 11) is 0. The Morgan fingerprint density at radius 3 is 1.38 bits per heavy atom. The molecule has 6 aromatic rings. The molecule has 2 aliphatic carbocycles. The largest absolute Gasteiger partial charge is 1.00 e. The van der Waals surface area contributed by atoms with Crippen LogP contribution in [-0.4, -0.2) is 23.5 Å². The van der Waals surface area contributed by atoms with E-state index in [0.29, 0.717) is 55.7 Å². The van der Waals surface area contributed by atoms with Crippen LogP contribution in [0.15, 0.2) is 205 Å². The van der Waals surface area contributed by atoms with Gasteiger partial charge in [0.2, 0.25) is 0 Å². The van der Waals surface area contributed by atoms with Crippen molar-refractivity contribution in [3.63, 3.8) is 0 Å². The van der Waals surface area contributed by atoms with E-state index in [-0.39, 0.29) is 152 Å². The van der Waals surface area contributed by atoms with Gasteiger partial charge in [0.25, 0.3) is 0 Å². The second kappa shape index (κ2) is 25.4. The Morgan fingerprint density at radius 2 is 0.859 bits per heavy atom. The molecule has 0 saturated heterocycles. The number of hydrogen-bond acceptors (Lipinski definition) is 8. The van der Waals surface area contributed by atoms with Crippen LogP contribution in [0.4, 0.5) is 0 Å². The van der Waals surface area contributed by atoms with E-state index in [4.69, 9.17) is 0 Å². The molecule has 0 spiro atoms. The Hall–Kier alpha value is -4.36. The molecule has 0 heterocycles. The molecule has 0 N–H and O–H groups in total. The maximum Gasteiger partial charge on any atom is 1.00 e. The van der Waals surface area contributed by atoms with Gasteiger partial charge >= 0.3 is 118 Å². The summed E-state index contributed by atoms with van der Waals surface area (Å²) in [5, 5.41) is 47.7. The van der Waals surface area contributed by atoms with Crippen molar-refractivity contribution < 1.29 is 158 Å². The van der Waals surface area contributed by atoms with Gasteiger partial charge in [-0.05, 0) is 91.6 Å². The monoisotopic (exact) mass is 876 g/mol. The number of ketones is 2. The SMILES string of the molecule is O=C1C=C/C(=C(\c2ccc([O-])c(-c3ccccc3)c2)c2ccccc2C(=O)[O-])C=C1c1ccccc1.O=C1C=CC(=C(c2ccc([O-])cc2)c2ccccc2C(=O)[O-])C=C1.[Na+].[Na+].[Na+].[Na+]. The molecule has 6 aromatic carbocycles. The summed E-state index contributed by atoms with van der Waals surface area (Å²) in [6.45, 7) is 0. The minimum atomic E-state index is -1.31. The molecule has 8 rings (SSSR count). The fourth-order valence-corrected chi connectivity index (χ4v) is 7.01. The summed E-state index contributed by atoms with van der Waals surface area (Å²) >= 11 is 0. The molecule has 0 aliphatic heterocycles. The number of hydrogen-bond donors (Lipinski definition) is 0. The van der Waals surface area contributed by atoms with Crippen molar-refractivity contribution in [2.75, 3.05) is 0 Å². The molecule has 12 heteroatoms. The summed E-state index contributed by atoms with van der Waals surface area (Å²) < 4.78 is 0. The van der Waals surface area contributed by atoms with E-state index in [2.05, 4.69) is 0 Å². The van der Waals surface area contributed by atoms with E-state index in [1.54, 1.807) is 85.0 Å². The molecule has 0 amide bonds. The van der Waals surface area contributed by atoms with Crippen LogP contribution >= 0.6 is 0 Å². The molecule has 292 valence electrons. The summed E-state index contributed by atoms with van der Waals surface area (Å²) in [6.07, 6.45) is 11.0. The van der Waals surface area contributed by atoms with E-state index >= 15 is 0 Å². The van der Waals surface area contributed by atoms with Crippen molar-refractivity contribution in [2.24, 2.45) is 0 Å². The molecule has 0 atom stereocenters. The standard InChI is InChI=1S/C32H22O4.C20H14O4.4Na/c33-29-17-15-23(19-27(29)21-9-3-1-4-10-21)31(25-13-7-8-14-26(25)32(35)36)24-16-18-30(34)28(20-24)22-11-5-2-6-12-22;21-15-9-5-13(6-10-15)19(14-7-11-16(22)12-8-14)17-3-1-2-4-18(17)20(23)24;;;;/h1-20,33H,(H,35,36);1-12,21H,(H,23,24);;;;/q;;4*+1/p-4/b31-24-;;;;;. The van der Waals surface area contributed by atoms with Gasteiger partial charge in [0, 0.05) is 16.7 Å². The Kier molecular flexibility index (Phi) is 21.4. The maximum absolute atomic E-state index is 12.8. The molecule has 0 saturated carbocycles. The van der Waals surface area contributed by atoms with Gasteiger partial charge < -0.3 is 30.0 Å². The average molecular weight is 877 g/mol. The molecular weight excluding hydrogens is 845 g/mol. The van der Waals surface area contributed by atoms with Crippen molar-refractivity contribution in [2.45, 2.75) is 0 Å². The van der Waals surface area contributed by atoms with Gasteiger partial charge in [-0.1, -0.05) is 164 Å². The van der Waals surface area contributed by atoms with Crippen molar-refractivity contribution in [1.29, 1.82) is 0 Å². The molecule has 0 fully saturated rings. The van der Waals surface area contributed by atoms with E-state index in [1.165, 1.54) is 48.6 Å². The van der Waals surface area contributed by atoms with Gasteiger partial charge in [-0.3, -0.25) is 9.59 Å². The van der Waals surface area contributed by atoms with Crippen LogP contribution in [0.3, 0.4) is 0 Å². The third-order valence-corrected chi connectivity index (χ3v) is 9.82. The summed E-state index contributed by atoms with van der Waals surface area (Å²) in [5.41, 5.74) is 7.37. The van der Waals surface area contributed by atoms with Gasteiger partial charge in [-0.25, -0.2) is 0 Å². The Morgan fingerprint density at radius 1 is 0.422 bits per heavy atom. The predicted octanol–water partition coefficient (Wildman–Crippen LogP) is -5.55. The molecule has 0 radical (unpaired) electrons. The van der Waals surface area contributed by atoms with E-state index in [9.17, 15) is 39.6 Å². The fraction of sp³-hybridized carbons (Fsp3) is 0. The van der Waals surface area contributed by atoms with Crippen LogP contribution in [0, 0.1) is 0 Å². The molecule has 0 aromatic heterocycles. The van der Waals surface area contributed by atoms with Gasteiger partial charge in [0.1, 0.15) is 0 Å². The third kappa shape index (κ3) is 12.9.